The lowest BCUT2D eigenvalue weighted by Gasteiger charge is -2.17. The highest BCUT2D eigenvalue weighted by Gasteiger charge is 2.15. The minimum Gasteiger partial charge on any atom is -0.493 e. The number of thiophene rings is 1. The second-order valence-corrected chi connectivity index (χ2v) is 6.37. The molecule has 0 unspecified atom stereocenters. The maximum absolute atomic E-state index is 12.4. The van der Waals surface area contributed by atoms with E-state index in [1.54, 1.807) is 55.7 Å². The maximum atomic E-state index is 12.4. The predicted molar refractivity (Wildman–Crippen MR) is 87.4 cm³/mol. The third kappa shape index (κ3) is 3.77. The first-order valence-corrected chi connectivity index (χ1v) is 7.92. The molecule has 0 radical (unpaired) electrons. The van der Waals surface area contributed by atoms with E-state index in [1.807, 2.05) is 11.4 Å². The number of halogens is 1. The molecule has 0 aliphatic carbocycles. The lowest BCUT2D eigenvalue weighted by Crippen LogP contribution is -2.25. The predicted octanol–water partition coefficient (Wildman–Crippen LogP) is 3.80. The molecule has 112 valence electrons. The van der Waals surface area contributed by atoms with Gasteiger partial charge in [0.05, 0.1) is 20.8 Å². The van der Waals surface area contributed by atoms with Gasteiger partial charge in [-0.3, -0.25) is 4.79 Å². The van der Waals surface area contributed by atoms with Gasteiger partial charge in [0.1, 0.15) is 0 Å². The molecular weight excluding hydrogens is 354 g/mol. The van der Waals surface area contributed by atoms with Gasteiger partial charge in [-0.2, -0.15) is 0 Å². The van der Waals surface area contributed by atoms with Crippen LogP contribution in [-0.4, -0.2) is 32.1 Å². The highest BCUT2D eigenvalue weighted by atomic mass is 79.9. The van der Waals surface area contributed by atoms with E-state index in [-0.39, 0.29) is 5.91 Å². The quantitative estimate of drug-likeness (QED) is 0.804. The molecule has 1 aromatic carbocycles. The summed E-state index contributed by atoms with van der Waals surface area (Å²) in [6.07, 6.45) is 0. The smallest absolute Gasteiger partial charge is 0.254 e. The van der Waals surface area contributed by atoms with Gasteiger partial charge in [0, 0.05) is 27.3 Å². The second kappa shape index (κ2) is 6.95. The van der Waals surface area contributed by atoms with Gasteiger partial charge in [-0.1, -0.05) is 0 Å². The number of amides is 1. The van der Waals surface area contributed by atoms with Gasteiger partial charge >= 0.3 is 0 Å². The molecule has 1 amide bonds. The fourth-order valence-electron chi connectivity index (χ4n) is 1.93. The molecule has 1 heterocycles. The molecule has 2 rings (SSSR count). The lowest BCUT2D eigenvalue weighted by atomic mass is 10.1. The van der Waals surface area contributed by atoms with Gasteiger partial charge in [-0.25, -0.2) is 0 Å². The van der Waals surface area contributed by atoms with Crippen LogP contribution in [0, 0.1) is 0 Å². The van der Waals surface area contributed by atoms with E-state index in [0.29, 0.717) is 23.6 Å². The van der Waals surface area contributed by atoms with Gasteiger partial charge in [-0.15, -0.1) is 11.3 Å². The zero-order chi connectivity index (χ0) is 15.4. The number of hydrogen-bond acceptors (Lipinski definition) is 4. The molecule has 0 atom stereocenters. The molecule has 0 bridgehead atoms. The highest BCUT2D eigenvalue weighted by molar-refractivity contribution is 9.10. The summed E-state index contributed by atoms with van der Waals surface area (Å²) >= 11 is 5.03. The van der Waals surface area contributed by atoms with Crippen molar-refractivity contribution in [1.82, 2.24) is 4.90 Å². The van der Waals surface area contributed by atoms with E-state index < -0.39 is 0 Å². The Balaban J connectivity index is 2.15. The molecule has 0 aliphatic rings. The Kier molecular flexibility index (Phi) is 5.25. The van der Waals surface area contributed by atoms with Crippen molar-refractivity contribution in [2.75, 3.05) is 21.3 Å². The van der Waals surface area contributed by atoms with Gasteiger partial charge < -0.3 is 14.4 Å². The summed E-state index contributed by atoms with van der Waals surface area (Å²) in [6, 6.07) is 7.19. The van der Waals surface area contributed by atoms with Crippen LogP contribution >= 0.6 is 27.3 Å². The topological polar surface area (TPSA) is 38.8 Å². The van der Waals surface area contributed by atoms with Crippen molar-refractivity contribution in [3.8, 4) is 11.5 Å². The molecule has 1 aromatic heterocycles. The minimum absolute atomic E-state index is 0.0551. The molecule has 0 saturated heterocycles. The Morgan fingerprint density at radius 1 is 1.24 bits per heavy atom. The van der Waals surface area contributed by atoms with Crippen LogP contribution in [0.15, 0.2) is 34.1 Å². The van der Waals surface area contributed by atoms with Crippen LogP contribution in [0.5, 0.6) is 11.5 Å². The van der Waals surface area contributed by atoms with Crippen molar-refractivity contribution in [3.05, 3.63) is 44.6 Å². The first-order chi connectivity index (χ1) is 10.0. The summed E-state index contributed by atoms with van der Waals surface area (Å²) in [7, 11) is 4.91. The molecular formula is C15H16BrNO3S. The van der Waals surface area contributed by atoms with E-state index >= 15 is 0 Å². The fourth-order valence-corrected chi connectivity index (χ4v) is 3.44. The number of benzene rings is 1. The minimum atomic E-state index is -0.0551. The van der Waals surface area contributed by atoms with Gasteiger partial charge in [-0.05, 0) is 40.2 Å². The number of methoxy groups -OCH3 is 2. The summed E-state index contributed by atoms with van der Waals surface area (Å²) in [5.74, 6) is 1.11. The van der Waals surface area contributed by atoms with Gasteiger partial charge in [0.15, 0.2) is 11.5 Å². The fraction of sp³-hybridized carbons (Fsp3) is 0.267. The van der Waals surface area contributed by atoms with Gasteiger partial charge in [0.25, 0.3) is 5.91 Å². The third-order valence-electron chi connectivity index (χ3n) is 2.99. The second-order valence-electron chi connectivity index (χ2n) is 4.46. The zero-order valence-corrected chi connectivity index (χ0v) is 14.5. The average Bonchev–Trinajstić information content (AvgIpc) is 2.90. The van der Waals surface area contributed by atoms with Crippen LogP contribution in [0.3, 0.4) is 0 Å². The van der Waals surface area contributed by atoms with Crippen molar-refractivity contribution >= 4 is 33.2 Å². The molecule has 21 heavy (non-hydrogen) atoms. The van der Waals surface area contributed by atoms with Gasteiger partial charge in [0.2, 0.25) is 0 Å². The van der Waals surface area contributed by atoms with Crippen molar-refractivity contribution in [2.24, 2.45) is 0 Å². The zero-order valence-electron chi connectivity index (χ0n) is 12.1. The maximum Gasteiger partial charge on any atom is 0.254 e. The number of ether oxygens (including phenoxy) is 2. The standard InChI is InChI=1S/C15H16BrNO3S/c1-17(8-12-7-11(16)9-21-12)15(18)10-4-5-13(19-2)14(6-10)20-3/h4-7,9H,8H2,1-3H3. The molecule has 6 heteroatoms. The molecule has 4 nitrogen and oxygen atoms in total. The van der Waals surface area contributed by atoms with Crippen molar-refractivity contribution in [3.63, 3.8) is 0 Å². The van der Waals surface area contributed by atoms with Crippen molar-refractivity contribution in [1.29, 1.82) is 0 Å². The van der Waals surface area contributed by atoms with E-state index in [1.165, 1.54) is 0 Å². The lowest BCUT2D eigenvalue weighted by molar-refractivity contribution is 0.0786. The van der Waals surface area contributed by atoms with Crippen LogP contribution in [0.4, 0.5) is 0 Å². The molecule has 0 spiro atoms. The van der Waals surface area contributed by atoms with Crippen LogP contribution in [0.2, 0.25) is 0 Å². The molecule has 0 saturated carbocycles. The SMILES string of the molecule is COc1ccc(C(=O)N(C)Cc2cc(Br)cs2)cc1OC. The van der Waals surface area contributed by atoms with E-state index in [4.69, 9.17) is 9.47 Å². The number of rotatable bonds is 5. The Labute approximate surface area is 136 Å². The summed E-state index contributed by atoms with van der Waals surface area (Å²) in [6.45, 7) is 0.573. The van der Waals surface area contributed by atoms with Crippen LogP contribution < -0.4 is 9.47 Å². The number of carbonyl (C=O) groups is 1. The summed E-state index contributed by atoms with van der Waals surface area (Å²) in [4.78, 5) is 15.2. The Bertz CT molecular complexity index is 642. The first kappa shape index (κ1) is 15.9. The first-order valence-electron chi connectivity index (χ1n) is 6.25. The van der Waals surface area contributed by atoms with E-state index in [0.717, 1.165) is 9.35 Å². The summed E-state index contributed by atoms with van der Waals surface area (Å²) in [5.41, 5.74) is 0.575. The van der Waals surface area contributed by atoms with Crippen LogP contribution in [0.25, 0.3) is 0 Å². The van der Waals surface area contributed by atoms with Crippen LogP contribution in [0.1, 0.15) is 15.2 Å². The third-order valence-corrected chi connectivity index (χ3v) is 4.67. The summed E-state index contributed by atoms with van der Waals surface area (Å²) < 4.78 is 11.4. The summed E-state index contributed by atoms with van der Waals surface area (Å²) in [5, 5.41) is 2.00. The average molecular weight is 370 g/mol. The Hall–Kier alpha value is -1.53. The van der Waals surface area contributed by atoms with E-state index in [9.17, 15) is 4.79 Å². The molecule has 0 aliphatic heterocycles. The monoisotopic (exact) mass is 369 g/mol. The number of hydrogen-bond donors (Lipinski definition) is 0. The largest absolute Gasteiger partial charge is 0.493 e. The number of carbonyl (C=O) groups excluding carboxylic acids is 1. The molecule has 2 aromatic rings. The van der Waals surface area contributed by atoms with Crippen molar-refractivity contribution < 1.29 is 14.3 Å². The normalized spacial score (nSPS) is 10.3. The van der Waals surface area contributed by atoms with Crippen LogP contribution in [-0.2, 0) is 6.54 Å². The van der Waals surface area contributed by atoms with E-state index in [2.05, 4.69) is 15.9 Å². The molecule has 0 fully saturated rings. The highest BCUT2D eigenvalue weighted by Crippen LogP contribution is 2.28. The van der Waals surface area contributed by atoms with Crippen molar-refractivity contribution in [2.45, 2.75) is 6.54 Å². The number of nitrogens with zero attached hydrogens (tertiary/aromatic N) is 1. The Morgan fingerprint density at radius 2 is 1.95 bits per heavy atom. The Morgan fingerprint density at radius 3 is 2.52 bits per heavy atom. The molecule has 0 N–H and O–H groups in total.